The molecule has 144 valence electrons. The van der Waals surface area contributed by atoms with E-state index < -0.39 is 8.07 Å². The van der Waals surface area contributed by atoms with E-state index >= 15 is 0 Å². The average Bonchev–Trinajstić information content (AvgIpc) is 3.38. The van der Waals surface area contributed by atoms with Gasteiger partial charge in [0.05, 0.1) is 8.07 Å². The van der Waals surface area contributed by atoms with Crippen molar-refractivity contribution in [1.29, 1.82) is 0 Å². The Balaban J connectivity index is 0.000000159. The number of para-hydroxylation sites is 1. The van der Waals surface area contributed by atoms with Gasteiger partial charge in [0.25, 0.3) is 0 Å². The summed E-state index contributed by atoms with van der Waals surface area (Å²) >= 11 is 0. The van der Waals surface area contributed by atoms with E-state index in [2.05, 4.69) is 111 Å². The van der Waals surface area contributed by atoms with E-state index in [4.69, 9.17) is 0 Å². The van der Waals surface area contributed by atoms with Crippen LogP contribution in [-0.4, -0.2) is 12.6 Å². The second kappa shape index (κ2) is 7.45. The van der Waals surface area contributed by atoms with Crippen LogP contribution >= 0.6 is 0 Å². The Kier molecular flexibility index (Phi) is 5.25. The average molecular weight is 472 g/mol. The summed E-state index contributed by atoms with van der Waals surface area (Å²) in [7, 11) is -1.17. The summed E-state index contributed by atoms with van der Waals surface area (Å²) in [6.07, 6.45) is 2.24. The molecule has 3 heteroatoms. The van der Waals surface area contributed by atoms with Crippen molar-refractivity contribution in [1.82, 2.24) is 4.57 Å². The Labute approximate surface area is 193 Å². The second-order valence-corrected chi connectivity index (χ2v) is 13.2. The number of aromatic nitrogens is 1. The first kappa shape index (κ1) is 20.4. The fourth-order valence-electron chi connectivity index (χ4n) is 5.44. The fourth-order valence-corrected chi connectivity index (χ4v) is 9.77. The maximum Gasteiger partial charge on any atom is 0.0950 e. The van der Waals surface area contributed by atoms with Gasteiger partial charge in [-0.2, -0.15) is 6.07 Å². The van der Waals surface area contributed by atoms with Crippen LogP contribution in [0.25, 0.3) is 21.7 Å². The van der Waals surface area contributed by atoms with Crippen LogP contribution in [-0.2, 0) is 26.2 Å². The Bertz CT molecular complexity index is 1180. The van der Waals surface area contributed by atoms with Crippen molar-refractivity contribution in [2.45, 2.75) is 32.5 Å². The van der Waals surface area contributed by atoms with E-state index in [1.807, 2.05) is 0 Å². The molecule has 0 N–H and O–H groups in total. The number of aryl methyl sites for hydroxylation is 1. The zero-order valence-electron chi connectivity index (χ0n) is 17.5. The zero-order chi connectivity index (χ0) is 19.5. The van der Waals surface area contributed by atoms with Crippen LogP contribution in [0.1, 0.15) is 29.3 Å². The van der Waals surface area contributed by atoms with Gasteiger partial charge >= 0.3 is 0 Å². The van der Waals surface area contributed by atoms with Gasteiger partial charge in [-0.1, -0.05) is 55.1 Å². The first-order valence-corrected chi connectivity index (χ1v) is 13.2. The summed E-state index contributed by atoms with van der Waals surface area (Å²) in [5.41, 5.74) is 8.13. The van der Waals surface area contributed by atoms with Gasteiger partial charge in [0.15, 0.2) is 0 Å². The number of allylic oxidation sites excluding steroid dienone is 1. The molecule has 1 aromatic heterocycles. The van der Waals surface area contributed by atoms with E-state index in [1.54, 1.807) is 16.5 Å². The third kappa shape index (κ3) is 3.10. The molecule has 0 amide bonds. The molecule has 0 saturated carbocycles. The maximum absolute atomic E-state index is 2.51. The van der Waals surface area contributed by atoms with Crippen molar-refractivity contribution < 1.29 is 26.2 Å². The Hall–Kier alpha value is -1.83. The van der Waals surface area contributed by atoms with Crippen LogP contribution in [0.15, 0.2) is 84.6 Å². The van der Waals surface area contributed by atoms with Gasteiger partial charge in [0, 0.05) is 49.3 Å². The number of rotatable bonds is 1. The zero-order valence-corrected chi connectivity index (χ0v) is 21.0. The minimum Gasteiger partial charge on any atom is -0.320 e. The summed E-state index contributed by atoms with van der Waals surface area (Å²) in [4.78, 5) is 0. The largest absolute Gasteiger partial charge is 0.320 e. The van der Waals surface area contributed by atoms with Gasteiger partial charge in [-0.15, -0.1) is 40.6 Å². The van der Waals surface area contributed by atoms with Crippen molar-refractivity contribution >= 4 is 24.0 Å². The molecule has 1 unspecified atom stereocenters. The molecule has 0 fully saturated rings. The molecule has 0 saturated heterocycles. The standard InChI is InChI=1S/C16H17NSi.C10H9.Zr/c1-11-15-13-9-10-17(12-7-5-4-6-8-12)14(13)16(11)18(15,2)3;1-8-6-9-4-2-3-5-10(9)7-8;/h4-10,16H,1-3H3;2-7H,1H3;/q;-1;. The first-order valence-electron chi connectivity index (χ1n) is 10.1. The second-order valence-electron chi connectivity index (χ2n) is 8.69. The number of nitrogens with zero attached hydrogens (tertiary/aromatic N) is 1. The van der Waals surface area contributed by atoms with Crippen molar-refractivity contribution in [2.24, 2.45) is 0 Å². The van der Waals surface area contributed by atoms with Crippen LogP contribution in [0.4, 0.5) is 0 Å². The van der Waals surface area contributed by atoms with Gasteiger partial charge in [-0.05, 0) is 30.7 Å². The number of hydrogen-bond acceptors (Lipinski definition) is 0. The predicted molar refractivity (Wildman–Crippen MR) is 123 cm³/mol. The van der Waals surface area contributed by atoms with Crippen LogP contribution in [0.5, 0.6) is 0 Å². The van der Waals surface area contributed by atoms with Crippen molar-refractivity contribution in [3.8, 4) is 5.69 Å². The molecule has 3 aromatic carbocycles. The summed E-state index contributed by atoms with van der Waals surface area (Å²) in [5.74, 6) is 0. The monoisotopic (exact) mass is 470 g/mol. The molecule has 2 bridgehead atoms. The third-order valence-corrected chi connectivity index (χ3v) is 10.6. The van der Waals surface area contributed by atoms with Gasteiger partial charge in [-0.3, -0.25) is 0 Å². The van der Waals surface area contributed by atoms with Crippen LogP contribution in [0, 0.1) is 6.92 Å². The smallest absolute Gasteiger partial charge is 0.0950 e. The molecule has 0 radical (unpaired) electrons. The fraction of sp³-hybridized carbons (Fsp3) is 0.192. The summed E-state index contributed by atoms with van der Waals surface area (Å²) in [5, 5.41) is 4.41. The number of hydrogen-bond donors (Lipinski definition) is 0. The van der Waals surface area contributed by atoms with Crippen molar-refractivity contribution in [2.75, 3.05) is 0 Å². The minimum absolute atomic E-state index is 0. The minimum atomic E-state index is -1.17. The molecule has 3 heterocycles. The molecule has 2 aliphatic heterocycles. The topological polar surface area (TPSA) is 4.93 Å². The molecule has 1 atom stereocenters. The van der Waals surface area contributed by atoms with Crippen molar-refractivity contribution in [3.05, 3.63) is 101 Å². The Morgan fingerprint density at radius 1 is 0.897 bits per heavy atom. The quantitative estimate of drug-likeness (QED) is 0.208. The maximum atomic E-state index is 2.51. The molecular formula is C26H26NSiZr-. The van der Waals surface area contributed by atoms with Gasteiger partial charge < -0.3 is 4.57 Å². The summed E-state index contributed by atoms with van der Waals surface area (Å²) in [6, 6.07) is 25.9. The molecule has 29 heavy (non-hydrogen) atoms. The first-order chi connectivity index (χ1) is 13.5. The predicted octanol–water partition coefficient (Wildman–Crippen LogP) is 7.01. The van der Waals surface area contributed by atoms with Crippen LogP contribution in [0.2, 0.25) is 13.1 Å². The SMILES string of the molecule is CC1=C2c3ccn(-c4ccccc4)c3C1[Si]2(C)C.Cc1cc2ccccc2[cH-]1.[Zr]. The van der Waals surface area contributed by atoms with Crippen LogP contribution < -0.4 is 0 Å². The van der Waals surface area contributed by atoms with Gasteiger partial charge in [-0.25, -0.2) is 0 Å². The van der Waals surface area contributed by atoms with E-state index in [-0.39, 0.29) is 26.2 Å². The Morgan fingerprint density at radius 2 is 1.59 bits per heavy atom. The van der Waals surface area contributed by atoms with Gasteiger partial charge in [0.1, 0.15) is 0 Å². The summed E-state index contributed by atoms with van der Waals surface area (Å²) < 4.78 is 2.40. The molecule has 4 aromatic rings. The Morgan fingerprint density at radius 3 is 2.28 bits per heavy atom. The third-order valence-electron chi connectivity index (χ3n) is 6.46. The van der Waals surface area contributed by atoms with Crippen LogP contribution in [0.3, 0.4) is 0 Å². The molecule has 1 aliphatic carbocycles. The number of benzene rings is 2. The molecule has 0 spiro atoms. The molecule has 1 nitrogen and oxygen atoms in total. The molecular weight excluding hydrogens is 446 g/mol. The van der Waals surface area contributed by atoms with E-state index in [1.165, 1.54) is 27.6 Å². The number of fused-ring (bicyclic) bond motifs is 1. The van der Waals surface area contributed by atoms with E-state index in [0.29, 0.717) is 0 Å². The molecule has 3 aliphatic rings. The van der Waals surface area contributed by atoms with E-state index in [0.717, 1.165) is 5.54 Å². The normalized spacial score (nSPS) is 17.9. The molecule has 7 rings (SSSR count). The van der Waals surface area contributed by atoms with Crippen molar-refractivity contribution in [3.63, 3.8) is 0 Å². The summed E-state index contributed by atoms with van der Waals surface area (Å²) in [6.45, 7) is 9.47. The van der Waals surface area contributed by atoms with E-state index in [9.17, 15) is 0 Å². The van der Waals surface area contributed by atoms with Gasteiger partial charge in [0.2, 0.25) is 0 Å².